The molecule has 1 saturated heterocycles. The van der Waals surface area contributed by atoms with E-state index < -0.39 is 47.4 Å². The molecule has 3 N–H and O–H groups in total. The van der Waals surface area contributed by atoms with Crippen LogP contribution in [0.4, 0.5) is 24.5 Å². The van der Waals surface area contributed by atoms with E-state index in [9.17, 15) is 37.1 Å². The number of methoxy groups -OCH3 is 1. The average Bonchev–Trinajstić information content (AvgIpc) is 3.71. The molecule has 5 amide bonds. The molecule has 0 radical (unpaired) electrons. The molecule has 1 unspecified atom stereocenters. The minimum Gasteiger partial charge on any atom is -0.494 e. The van der Waals surface area contributed by atoms with Crippen molar-refractivity contribution >= 4 is 62.5 Å². The molecule has 4 heterocycles. The molecule has 2 aromatic carbocycles. The average molecular weight is 806 g/mol. The predicted octanol–water partition coefficient (Wildman–Crippen LogP) is 6.47. The molecule has 1 saturated carbocycles. The van der Waals surface area contributed by atoms with E-state index in [2.05, 4.69) is 32.9 Å². The van der Waals surface area contributed by atoms with Gasteiger partial charge < -0.3 is 20.3 Å². The van der Waals surface area contributed by atoms with Gasteiger partial charge >= 0.3 is 6.18 Å². The number of hydrogen-bond donors (Lipinski definition) is 3. The monoisotopic (exact) mass is 805 g/mol. The molecule has 1 aliphatic carbocycles. The Hall–Kier alpha value is -5.42. The first kappa shape index (κ1) is 39.8. The number of hydrogen-bond acceptors (Lipinski definition) is 11. The second-order valence-corrected chi connectivity index (χ2v) is 15.8. The van der Waals surface area contributed by atoms with Gasteiger partial charge in [0.25, 0.3) is 17.7 Å². The topological polar surface area (TPSA) is 163 Å². The van der Waals surface area contributed by atoms with E-state index in [1.807, 2.05) is 0 Å². The maximum atomic E-state index is 13.3. The number of nitrogens with one attached hydrogen (secondary N) is 3. The highest BCUT2D eigenvalue weighted by Gasteiger charge is 2.45. The maximum absolute atomic E-state index is 13.3. The summed E-state index contributed by atoms with van der Waals surface area (Å²) >= 11 is 1.54. The van der Waals surface area contributed by atoms with Gasteiger partial charge in [0.05, 0.1) is 39.1 Å². The molecule has 2 aromatic heterocycles. The lowest BCUT2D eigenvalue weighted by Gasteiger charge is -2.30. The van der Waals surface area contributed by atoms with Crippen LogP contribution in [0, 0.1) is 5.92 Å². The van der Waals surface area contributed by atoms with E-state index >= 15 is 0 Å². The fraction of sp³-hybridized carbons (Fsp3) is 0.425. The second-order valence-electron chi connectivity index (χ2n) is 14.7. The van der Waals surface area contributed by atoms with Gasteiger partial charge in [-0.2, -0.15) is 13.2 Å². The van der Waals surface area contributed by atoms with E-state index in [0.717, 1.165) is 83.9 Å². The standard InChI is InChI=1S/C40H42F3N7O6S/c1-49(18-4-3-17-44-25-8-5-7-24-34(25)39(55)50(38(24)54)29-15-16-33(51)48-36(29)53)21-22-11-13-23(14-12-22)37-47-28-19-30(56-2)27(20-31(28)57-37)46-35(52)26-9-6-10-32(45-26)40(41,42)43/h5-10,19-20,22-23,29,44H,3-4,11-18,21H2,1-2H3,(H,46,52)(H,48,51,53)/t22-,23-,29?. The van der Waals surface area contributed by atoms with E-state index in [1.54, 1.807) is 41.7 Å². The third-order valence-corrected chi connectivity index (χ3v) is 11.9. The molecule has 57 heavy (non-hydrogen) atoms. The molecule has 7 rings (SSSR count). The predicted molar refractivity (Wildman–Crippen MR) is 206 cm³/mol. The summed E-state index contributed by atoms with van der Waals surface area (Å²) in [7, 11) is 3.57. The normalized spacial score (nSPS) is 19.9. The smallest absolute Gasteiger partial charge is 0.433 e. The van der Waals surface area contributed by atoms with Gasteiger partial charge in [0, 0.05) is 37.2 Å². The Morgan fingerprint density at radius 3 is 2.49 bits per heavy atom. The third-order valence-electron chi connectivity index (χ3n) is 10.8. The number of amides is 5. The Kier molecular flexibility index (Phi) is 11.6. The van der Waals surface area contributed by atoms with Crippen molar-refractivity contribution < 1.29 is 41.9 Å². The molecule has 4 aromatic rings. The Balaban J connectivity index is 0.865. The van der Waals surface area contributed by atoms with Crippen LogP contribution in [0.3, 0.4) is 0 Å². The van der Waals surface area contributed by atoms with Crippen LogP contribution in [0.1, 0.15) is 99.2 Å². The molecular formula is C40H42F3N7O6S. The number of alkyl halides is 3. The number of imide groups is 2. The summed E-state index contributed by atoms with van der Waals surface area (Å²) in [5, 5.41) is 9.19. The van der Waals surface area contributed by atoms with Gasteiger partial charge in [-0.25, -0.2) is 9.97 Å². The summed E-state index contributed by atoms with van der Waals surface area (Å²) in [4.78, 5) is 75.1. The number of halogens is 3. The van der Waals surface area contributed by atoms with E-state index in [4.69, 9.17) is 9.72 Å². The molecule has 17 heteroatoms. The van der Waals surface area contributed by atoms with Crippen molar-refractivity contribution in [2.45, 2.75) is 69.5 Å². The minimum atomic E-state index is -4.67. The Bertz CT molecular complexity index is 2220. The summed E-state index contributed by atoms with van der Waals surface area (Å²) in [6.45, 7) is 2.47. The quantitative estimate of drug-likeness (QED) is 0.101. The van der Waals surface area contributed by atoms with Gasteiger partial charge in [-0.3, -0.25) is 34.2 Å². The van der Waals surface area contributed by atoms with Crippen LogP contribution in [-0.2, 0) is 15.8 Å². The number of carbonyl (C=O) groups is 5. The summed E-state index contributed by atoms with van der Waals surface area (Å²) < 4.78 is 45.8. The number of benzene rings is 2. The van der Waals surface area contributed by atoms with E-state index in [0.29, 0.717) is 35.5 Å². The van der Waals surface area contributed by atoms with Crippen LogP contribution in [0.2, 0.25) is 0 Å². The largest absolute Gasteiger partial charge is 0.494 e. The highest BCUT2D eigenvalue weighted by atomic mass is 32.1. The lowest BCUT2D eigenvalue weighted by molar-refractivity contribution is -0.141. The molecule has 3 aliphatic rings. The first-order valence-electron chi connectivity index (χ1n) is 18.9. The molecule has 300 valence electrons. The van der Waals surface area contributed by atoms with Crippen molar-refractivity contribution in [1.29, 1.82) is 0 Å². The zero-order chi connectivity index (χ0) is 40.4. The molecule has 2 aliphatic heterocycles. The van der Waals surface area contributed by atoms with E-state index in [-0.39, 0.29) is 29.7 Å². The lowest BCUT2D eigenvalue weighted by Crippen LogP contribution is -2.54. The number of carbonyl (C=O) groups excluding carboxylic acids is 5. The van der Waals surface area contributed by atoms with E-state index in [1.165, 1.54) is 13.2 Å². The summed E-state index contributed by atoms with van der Waals surface area (Å²) in [6.07, 6.45) is 1.38. The molecule has 1 atom stereocenters. The molecule has 13 nitrogen and oxygen atoms in total. The van der Waals surface area contributed by atoms with Crippen LogP contribution in [0.25, 0.3) is 10.2 Å². The zero-order valence-electron chi connectivity index (χ0n) is 31.4. The van der Waals surface area contributed by atoms with Gasteiger partial charge in [-0.05, 0) is 94.8 Å². The van der Waals surface area contributed by atoms with Gasteiger partial charge in [0.1, 0.15) is 23.2 Å². The van der Waals surface area contributed by atoms with Crippen molar-refractivity contribution in [1.82, 2.24) is 25.1 Å². The number of thiazole rings is 1. The second kappa shape index (κ2) is 16.6. The number of unbranched alkanes of at least 4 members (excludes halogenated alkanes) is 1. The fourth-order valence-electron chi connectivity index (χ4n) is 7.84. The highest BCUT2D eigenvalue weighted by Crippen LogP contribution is 2.41. The fourth-order valence-corrected chi connectivity index (χ4v) is 8.99. The van der Waals surface area contributed by atoms with Crippen molar-refractivity contribution in [3.63, 3.8) is 0 Å². The van der Waals surface area contributed by atoms with Crippen molar-refractivity contribution in [2.24, 2.45) is 5.92 Å². The van der Waals surface area contributed by atoms with Gasteiger partial charge in [-0.1, -0.05) is 12.1 Å². The van der Waals surface area contributed by atoms with Gasteiger partial charge in [0.15, 0.2) is 0 Å². The number of pyridine rings is 1. The first-order valence-corrected chi connectivity index (χ1v) is 19.7. The number of nitrogens with zero attached hydrogens (tertiary/aromatic N) is 4. The lowest BCUT2D eigenvalue weighted by atomic mass is 9.82. The number of aromatic nitrogens is 2. The Morgan fingerprint density at radius 2 is 1.75 bits per heavy atom. The zero-order valence-corrected chi connectivity index (χ0v) is 32.2. The number of piperidine rings is 1. The van der Waals surface area contributed by atoms with Crippen LogP contribution in [-0.4, -0.2) is 89.1 Å². The summed E-state index contributed by atoms with van der Waals surface area (Å²) in [6, 6.07) is 10.7. The molecular weight excluding hydrogens is 764 g/mol. The van der Waals surface area contributed by atoms with Crippen molar-refractivity contribution in [3.8, 4) is 5.75 Å². The Morgan fingerprint density at radius 1 is 0.982 bits per heavy atom. The number of rotatable bonds is 13. The number of fused-ring (bicyclic) bond motifs is 2. The SMILES string of the molecule is COc1cc2nc([C@H]3CC[C@H](CN(C)CCCCNc4cccc5c4C(=O)N(C4CCC(=O)NC4=O)C5=O)CC3)sc2cc1NC(=O)c1cccc(C(F)(F)F)n1. The number of ether oxygens (including phenoxy) is 1. The van der Waals surface area contributed by atoms with Crippen LogP contribution in [0.15, 0.2) is 48.5 Å². The molecule has 2 fully saturated rings. The number of anilines is 2. The van der Waals surface area contributed by atoms with Gasteiger partial charge in [-0.15, -0.1) is 11.3 Å². The van der Waals surface area contributed by atoms with Crippen LogP contribution in [0.5, 0.6) is 5.75 Å². The van der Waals surface area contributed by atoms with Crippen molar-refractivity contribution in [3.05, 3.63) is 76.1 Å². The summed E-state index contributed by atoms with van der Waals surface area (Å²) in [5.74, 6) is -1.70. The molecule has 0 spiro atoms. The highest BCUT2D eigenvalue weighted by molar-refractivity contribution is 7.18. The Labute approximate surface area is 330 Å². The molecule has 0 bridgehead atoms. The maximum Gasteiger partial charge on any atom is 0.433 e. The summed E-state index contributed by atoms with van der Waals surface area (Å²) in [5.41, 5.74) is 0.603. The van der Waals surface area contributed by atoms with Crippen LogP contribution >= 0.6 is 11.3 Å². The first-order chi connectivity index (χ1) is 27.3. The third kappa shape index (κ3) is 8.63. The minimum absolute atomic E-state index is 0.0670. The van der Waals surface area contributed by atoms with Crippen molar-refractivity contribution in [2.75, 3.05) is 44.4 Å². The van der Waals surface area contributed by atoms with Gasteiger partial charge in [0.2, 0.25) is 11.8 Å². The van der Waals surface area contributed by atoms with Crippen LogP contribution < -0.4 is 20.7 Å².